The number of allylic oxidation sites excluding steroid dienone is 1. The molecule has 2 aromatic carbocycles. The normalized spacial score (nSPS) is 16.2. The largest absolute Gasteiger partial charge is 0.495 e. The molecule has 2 aromatic rings. The molecule has 6 nitrogen and oxygen atoms in total. The zero-order valence-corrected chi connectivity index (χ0v) is 16.5. The minimum Gasteiger partial charge on any atom is -0.495 e. The Morgan fingerprint density at radius 1 is 1.23 bits per heavy atom. The van der Waals surface area contributed by atoms with Crippen molar-refractivity contribution < 1.29 is 23.1 Å². The van der Waals surface area contributed by atoms with Crippen molar-refractivity contribution in [1.82, 2.24) is 10.2 Å². The van der Waals surface area contributed by atoms with E-state index in [1.54, 1.807) is 31.2 Å². The van der Waals surface area contributed by atoms with Gasteiger partial charge in [0.1, 0.15) is 17.4 Å². The maximum absolute atomic E-state index is 14.5. The first-order valence-corrected chi connectivity index (χ1v) is 9.17. The highest BCUT2D eigenvalue weighted by molar-refractivity contribution is 6.07. The van der Waals surface area contributed by atoms with Crippen molar-refractivity contribution in [2.45, 2.75) is 13.0 Å². The third-order valence-corrected chi connectivity index (χ3v) is 4.80. The van der Waals surface area contributed by atoms with Crippen LogP contribution in [0, 0.1) is 11.6 Å². The van der Waals surface area contributed by atoms with Crippen molar-refractivity contribution >= 4 is 17.6 Å². The first-order chi connectivity index (χ1) is 14.4. The Morgan fingerprint density at radius 2 is 1.90 bits per heavy atom. The molecule has 156 valence electrons. The summed E-state index contributed by atoms with van der Waals surface area (Å²) >= 11 is 0. The lowest BCUT2D eigenvalue weighted by molar-refractivity contribution is -0.113. The van der Waals surface area contributed by atoms with Crippen LogP contribution in [0.15, 0.2) is 66.4 Å². The van der Waals surface area contributed by atoms with Crippen LogP contribution in [0.3, 0.4) is 0 Å². The summed E-state index contributed by atoms with van der Waals surface area (Å²) in [5.74, 6) is -1.94. The van der Waals surface area contributed by atoms with Gasteiger partial charge >= 0.3 is 6.03 Å². The number of carbonyl (C=O) groups excluding carboxylic acids is 2. The Morgan fingerprint density at radius 3 is 2.53 bits per heavy atom. The maximum Gasteiger partial charge on any atom is 0.322 e. The van der Waals surface area contributed by atoms with Crippen molar-refractivity contribution in [3.8, 4) is 5.75 Å². The first-order valence-electron chi connectivity index (χ1n) is 9.17. The second kappa shape index (κ2) is 8.77. The number of ether oxygens (including phenoxy) is 1. The van der Waals surface area contributed by atoms with E-state index in [1.165, 1.54) is 24.2 Å². The molecule has 3 amide bonds. The number of anilines is 1. The fourth-order valence-electron chi connectivity index (χ4n) is 3.37. The minimum absolute atomic E-state index is 0.00589. The highest BCUT2D eigenvalue weighted by atomic mass is 19.1. The van der Waals surface area contributed by atoms with Gasteiger partial charge < -0.3 is 15.4 Å². The molecule has 2 N–H and O–H groups in total. The summed E-state index contributed by atoms with van der Waals surface area (Å²) in [6.07, 6.45) is 1.49. The standard InChI is InChI=1S/C22H21F2N3O3/c1-4-12-27-13(2)18(21(28)25-16-10-5-6-11-17(16)30-3)20(26-22(27)29)19-14(23)8-7-9-15(19)24/h4-11,20H,1,12H2,2-3H3,(H,25,28)(H,26,29)/t20-/m0/s1. The van der Waals surface area contributed by atoms with Crippen molar-refractivity contribution in [2.24, 2.45) is 0 Å². The smallest absolute Gasteiger partial charge is 0.322 e. The number of halogens is 2. The van der Waals surface area contributed by atoms with Crippen LogP contribution >= 0.6 is 0 Å². The molecule has 1 atom stereocenters. The Kier molecular flexibility index (Phi) is 6.15. The molecule has 8 heteroatoms. The molecule has 0 aliphatic carbocycles. The van der Waals surface area contributed by atoms with Crippen molar-refractivity contribution in [3.05, 3.63) is 83.6 Å². The maximum atomic E-state index is 14.5. The topological polar surface area (TPSA) is 70.7 Å². The molecule has 0 radical (unpaired) electrons. The summed E-state index contributed by atoms with van der Waals surface area (Å²) < 4.78 is 34.3. The molecule has 0 spiro atoms. The number of hydrogen-bond donors (Lipinski definition) is 2. The van der Waals surface area contributed by atoms with Gasteiger partial charge in [0, 0.05) is 12.2 Å². The van der Waals surface area contributed by atoms with Crippen LogP contribution < -0.4 is 15.4 Å². The number of rotatable bonds is 6. The van der Waals surface area contributed by atoms with Gasteiger partial charge in [-0.15, -0.1) is 6.58 Å². The van der Waals surface area contributed by atoms with Gasteiger partial charge in [-0.3, -0.25) is 9.69 Å². The van der Waals surface area contributed by atoms with Gasteiger partial charge in [-0.05, 0) is 31.2 Å². The van der Waals surface area contributed by atoms with Crippen LogP contribution in [-0.4, -0.2) is 30.5 Å². The Balaban J connectivity index is 2.11. The molecule has 0 aromatic heterocycles. The number of amides is 3. The molecule has 0 bridgehead atoms. The monoisotopic (exact) mass is 413 g/mol. The van der Waals surface area contributed by atoms with Gasteiger partial charge in [0.25, 0.3) is 5.91 Å². The zero-order valence-electron chi connectivity index (χ0n) is 16.5. The molecule has 1 heterocycles. The van der Waals surface area contributed by atoms with Crippen LogP contribution in [0.25, 0.3) is 0 Å². The van der Waals surface area contributed by atoms with E-state index in [4.69, 9.17) is 4.74 Å². The predicted molar refractivity (Wildman–Crippen MR) is 109 cm³/mol. The highest BCUT2D eigenvalue weighted by Crippen LogP contribution is 2.34. The fourth-order valence-corrected chi connectivity index (χ4v) is 3.37. The van der Waals surface area contributed by atoms with E-state index in [9.17, 15) is 18.4 Å². The molecule has 0 saturated heterocycles. The van der Waals surface area contributed by atoms with Crippen molar-refractivity contribution in [2.75, 3.05) is 19.0 Å². The lowest BCUT2D eigenvalue weighted by Crippen LogP contribution is -2.49. The molecule has 1 aliphatic heterocycles. The summed E-state index contributed by atoms with van der Waals surface area (Å²) in [5, 5.41) is 5.24. The van der Waals surface area contributed by atoms with Crippen molar-refractivity contribution in [1.29, 1.82) is 0 Å². The van der Waals surface area contributed by atoms with E-state index in [1.807, 2.05) is 0 Å². The molecule has 0 unspecified atom stereocenters. The number of hydrogen-bond acceptors (Lipinski definition) is 3. The Labute approximate surface area is 172 Å². The fraction of sp³-hybridized carbons (Fsp3) is 0.182. The summed E-state index contributed by atoms with van der Waals surface area (Å²) in [6, 6.07) is 8.21. The minimum atomic E-state index is -1.31. The van der Waals surface area contributed by atoms with Crippen LogP contribution in [0.2, 0.25) is 0 Å². The van der Waals surface area contributed by atoms with Crippen LogP contribution in [0.4, 0.5) is 19.3 Å². The third kappa shape index (κ3) is 3.89. The average Bonchev–Trinajstić information content (AvgIpc) is 2.71. The molecule has 0 fully saturated rings. The Hall–Kier alpha value is -3.68. The van der Waals surface area contributed by atoms with Gasteiger partial charge in [-0.2, -0.15) is 0 Å². The van der Waals surface area contributed by atoms with E-state index in [0.717, 1.165) is 12.1 Å². The molecule has 0 saturated carbocycles. The highest BCUT2D eigenvalue weighted by Gasteiger charge is 2.38. The van der Waals surface area contributed by atoms with E-state index in [0.29, 0.717) is 11.4 Å². The number of carbonyl (C=O) groups is 2. The van der Waals surface area contributed by atoms with Gasteiger partial charge in [0.2, 0.25) is 0 Å². The van der Waals surface area contributed by atoms with Gasteiger partial charge in [0.15, 0.2) is 0 Å². The summed E-state index contributed by atoms with van der Waals surface area (Å²) in [7, 11) is 1.46. The van der Waals surface area contributed by atoms with Crippen LogP contribution in [0.1, 0.15) is 18.5 Å². The number of benzene rings is 2. The second-order valence-electron chi connectivity index (χ2n) is 6.57. The first kappa shape index (κ1) is 21.0. The number of nitrogens with zero attached hydrogens (tertiary/aromatic N) is 1. The molecular weight excluding hydrogens is 392 g/mol. The summed E-state index contributed by atoms with van der Waals surface area (Å²) in [4.78, 5) is 27.1. The van der Waals surface area contributed by atoms with E-state index < -0.39 is 35.2 Å². The molecule has 3 rings (SSSR count). The zero-order chi connectivity index (χ0) is 21.8. The van der Waals surface area contributed by atoms with Gasteiger partial charge in [0.05, 0.1) is 30.0 Å². The van der Waals surface area contributed by atoms with Gasteiger partial charge in [-0.1, -0.05) is 24.3 Å². The predicted octanol–water partition coefficient (Wildman–Crippen LogP) is 4.14. The lowest BCUT2D eigenvalue weighted by Gasteiger charge is -2.35. The number of para-hydroxylation sites is 2. The second-order valence-corrected chi connectivity index (χ2v) is 6.57. The SMILES string of the molecule is C=CCN1C(=O)N[C@H](c2c(F)cccc2F)C(C(=O)Nc2ccccc2OC)=C1C. The third-order valence-electron chi connectivity index (χ3n) is 4.80. The van der Waals surface area contributed by atoms with E-state index in [-0.39, 0.29) is 17.8 Å². The number of methoxy groups -OCH3 is 1. The molecular formula is C22H21F2N3O3. The molecule has 1 aliphatic rings. The van der Waals surface area contributed by atoms with Crippen molar-refractivity contribution in [3.63, 3.8) is 0 Å². The summed E-state index contributed by atoms with van der Waals surface area (Å²) in [6.45, 7) is 5.28. The van der Waals surface area contributed by atoms with E-state index >= 15 is 0 Å². The lowest BCUT2D eigenvalue weighted by atomic mass is 9.93. The van der Waals surface area contributed by atoms with Crippen LogP contribution in [0.5, 0.6) is 5.75 Å². The average molecular weight is 413 g/mol. The molecule has 30 heavy (non-hydrogen) atoms. The Bertz CT molecular complexity index is 1020. The van der Waals surface area contributed by atoms with Gasteiger partial charge in [-0.25, -0.2) is 13.6 Å². The van der Waals surface area contributed by atoms with Crippen LogP contribution in [-0.2, 0) is 4.79 Å². The van der Waals surface area contributed by atoms with E-state index in [2.05, 4.69) is 17.2 Å². The number of nitrogens with one attached hydrogen (secondary N) is 2. The summed E-state index contributed by atoms with van der Waals surface area (Å²) in [5.41, 5.74) is 0.240. The quantitative estimate of drug-likeness (QED) is 0.700. The number of urea groups is 1.